The van der Waals surface area contributed by atoms with Crippen molar-refractivity contribution in [2.24, 2.45) is 0 Å². The summed E-state index contributed by atoms with van der Waals surface area (Å²) in [4.78, 5) is 41.0. The van der Waals surface area contributed by atoms with Crippen molar-refractivity contribution in [1.82, 2.24) is 15.5 Å². The molecule has 1 heterocycles. The average Bonchev–Trinajstić information content (AvgIpc) is 3.00. The minimum absolute atomic E-state index is 0.0534. The fourth-order valence-electron chi connectivity index (χ4n) is 4.39. The van der Waals surface area contributed by atoms with Crippen molar-refractivity contribution in [2.45, 2.75) is 44.5 Å². The van der Waals surface area contributed by atoms with E-state index in [0.29, 0.717) is 5.56 Å². The molecule has 3 amide bonds. The Morgan fingerprint density at radius 2 is 1.67 bits per heavy atom. The highest BCUT2D eigenvalue weighted by Gasteiger charge is 2.40. The van der Waals surface area contributed by atoms with Gasteiger partial charge in [-0.05, 0) is 42.7 Å². The van der Waals surface area contributed by atoms with Crippen LogP contribution < -0.4 is 10.6 Å². The van der Waals surface area contributed by atoms with E-state index in [4.69, 9.17) is 4.74 Å². The molecule has 2 N–H and O–H groups in total. The van der Waals surface area contributed by atoms with Crippen LogP contribution in [-0.4, -0.2) is 48.4 Å². The lowest BCUT2D eigenvalue weighted by molar-refractivity contribution is -0.138. The molecule has 0 unspecified atom stereocenters. The van der Waals surface area contributed by atoms with Crippen LogP contribution in [0.25, 0.3) is 0 Å². The van der Waals surface area contributed by atoms with E-state index in [1.165, 1.54) is 6.92 Å². The molecule has 0 spiro atoms. The standard InChI is InChI=1S/C30H33F2N3O4/c1-19(31)15-22(16-20(2)32)17-26(36)33-21(3)29(37)34-27-28(24-13-9-6-10-14-24)39-18-25(35(4)30(27)38)23-11-7-5-8-12-23/h5-16,21,25,27-28H,1,17-18H2,2-4H3,(H,33,36)(H,34,37)/b20-16+,22-15+/t21-,25-,27-,28+/m0/s1. The van der Waals surface area contributed by atoms with Gasteiger partial charge in [-0.2, -0.15) is 0 Å². The summed E-state index contributed by atoms with van der Waals surface area (Å²) in [5.41, 5.74) is 1.66. The zero-order chi connectivity index (χ0) is 28.5. The van der Waals surface area contributed by atoms with Crippen LogP contribution in [0, 0.1) is 0 Å². The number of benzene rings is 2. The van der Waals surface area contributed by atoms with Crippen LogP contribution in [0.15, 0.2) is 96.6 Å². The number of nitrogens with zero attached hydrogens (tertiary/aromatic N) is 1. The minimum atomic E-state index is -1.07. The molecule has 1 fully saturated rings. The molecule has 2 aromatic carbocycles. The van der Waals surface area contributed by atoms with Crippen LogP contribution in [0.2, 0.25) is 0 Å². The minimum Gasteiger partial charge on any atom is -0.368 e. The number of halogens is 2. The van der Waals surface area contributed by atoms with Gasteiger partial charge in [-0.25, -0.2) is 8.78 Å². The number of likely N-dealkylation sites (N-methyl/N-ethyl adjacent to an activating group) is 1. The van der Waals surface area contributed by atoms with Gasteiger partial charge in [0, 0.05) is 7.05 Å². The first-order chi connectivity index (χ1) is 18.6. The summed E-state index contributed by atoms with van der Waals surface area (Å²) < 4.78 is 32.8. The smallest absolute Gasteiger partial charge is 0.248 e. The molecule has 7 nitrogen and oxygen atoms in total. The predicted octanol–water partition coefficient (Wildman–Crippen LogP) is 4.62. The van der Waals surface area contributed by atoms with Gasteiger partial charge in [0.2, 0.25) is 17.7 Å². The highest BCUT2D eigenvalue weighted by atomic mass is 19.1. The van der Waals surface area contributed by atoms with Crippen LogP contribution in [0.4, 0.5) is 8.78 Å². The fraction of sp³-hybridized carbons (Fsp3) is 0.300. The normalized spacial score (nSPS) is 21.1. The maximum atomic E-state index is 13.7. The van der Waals surface area contributed by atoms with Crippen molar-refractivity contribution < 1.29 is 27.9 Å². The first-order valence-corrected chi connectivity index (χ1v) is 12.5. The van der Waals surface area contributed by atoms with Crippen molar-refractivity contribution in [1.29, 1.82) is 0 Å². The highest BCUT2D eigenvalue weighted by Crippen LogP contribution is 2.32. The Hall–Kier alpha value is -4.11. The molecule has 0 saturated carbocycles. The molecule has 1 aliphatic rings. The second-order valence-corrected chi connectivity index (χ2v) is 9.39. The molecule has 3 rings (SSSR count). The lowest BCUT2D eigenvalue weighted by Crippen LogP contribution is -2.54. The molecule has 1 aliphatic heterocycles. The maximum absolute atomic E-state index is 13.7. The average molecular weight is 538 g/mol. The zero-order valence-electron chi connectivity index (χ0n) is 22.2. The Labute approximate surface area is 227 Å². The summed E-state index contributed by atoms with van der Waals surface area (Å²) in [5.74, 6) is -3.05. The highest BCUT2D eigenvalue weighted by molar-refractivity contribution is 5.93. The molecule has 1 saturated heterocycles. The van der Waals surface area contributed by atoms with E-state index in [1.54, 1.807) is 11.9 Å². The van der Waals surface area contributed by atoms with Gasteiger partial charge in [0.15, 0.2) is 0 Å². The third kappa shape index (κ3) is 8.19. The van der Waals surface area contributed by atoms with Crippen molar-refractivity contribution in [3.05, 3.63) is 108 Å². The topological polar surface area (TPSA) is 87.7 Å². The molecule has 0 aliphatic carbocycles. The molecule has 0 aromatic heterocycles. The van der Waals surface area contributed by atoms with Gasteiger partial charge < -0.3 is 20.3 Å². The van der Waals surface area contributed by atoms with E-state index in [2.05, 4.69) is 17.2 Å². The third-order valence-corrected chi connectivity index (χ3v) is 6.29. The number of nitrogens with one attached hydrogen (secondary N) is 2. The number of allylic oxidation sites excluding steroid dienone is 4. The predicted molar refractivity (Wildman–Crippen MR) is 144 cm³/mol. The van der Waals surface area contributed by atoms with Gasteiger partial charge >= 0.3 is 0 Å². The quantitative estimate of drug-likeness (QED) is 0.457. The lowest BCUT2D eigenvalue weighted by atomic mass is 10.0. The lowest BCUT2D eigenvalue weighted by Gasteiger charge is -2.29. The van der Waals surface area contributed by atoms with E-state index < -0.39 is 41.7 Å². The Morgan fingerprint density at radius 1 is 1.08 bits per heavy atom. The summed E-state index contributed by atoms with van der Waals surface area (Å²) in [6.07, 6.45) is 0.810. The largest absolute Gasteiger partial charge is 0.368 e. The van der Waals surface area contributed by atoms with Gasteiger partial charge in [0.25, 0.3) is 0 Å². The van der Waals surface area contributed by atoms with Gasteiger partial charge in [-0.1, -0.05) is 67.2 Å². The van der Waals surface area contributed by atoms with Crippen LogP contribution in [-0.2, 0) is 19.1 Å². The summed E-state index contributed by atoms with van der Waals surface area (Å²) in [6.45, 7) is 5.93. The van der Waals surface area contributed by atoms with Gasteiger partial charge in [0.05, 0.1) is 24.9 Å². The van der Waals surface area contributed by atoms with Crippen molar-refractivity contribution in [3.8, 4) is 0 Å². The van der Waals surface area contributed by atoms with E-state index in [9.17, 15) is 23.2 Å². The third-order valence-electron chi connectivity index (χ3n) is 6.29. The van der Waals surface area contributed by atoms with E-state index >= 15 is 0 Å². The monoisotopic (exact) mass is 537 g/mol. The number of amides is 3. The summed E-state index contributed by atoms with van der Waals surface area (Å²) >= 11 is 0. The van der Waals surface area contributed by atoms with Crippen LogP contribution in [0.1, 0.15) is 43.5 Å². The van der Waals surface area contributed by atoms with Crippen molar-refractivity contribution in [2.75, 3.05) is 13.7 Å². The molecule has 0 bridgehead atoms. The molecular formula is C30H33F2N3O4. The first-order valence-electron chi connectivity index (χ1n) is 12.5. The van der Waals surface area contributed by atoms with E-state index in [-0.39, 0.29) is 30.5 Å². The van der Waals surface area contributed by atoms with Gasteiger partial charge in [-0.3, -0.25) is 14.4 Å². The number of hydrogen-bond donors (Lipinski definition) is 2. The van der Waals surface area contributed by atoms with Gasteiger partial charge in [-0.15, -0.1) is 0 Å². The first kappa shape index (κ1) is 29.4. The second-order valence-electron chi connectivity index (χ2n) is 9.39. The number of ether oxygens (including phenoxy) is 1. The Balaban J connectivity index is 1.79. The number of hydrogen-bond acceptors (Lipinski definition) is 4. The van der Waals surface area contributed by atoms with Crippen LogP contribution >= 0.6 is 0 Å². The summed E-state index contributed by atoms with van der Waals surface area (Å²) in [6, 6.07) is 16.1. The van der Waals surface area contributed by atoms with E-state index in [0.717, 1.165) is 24.6 Å². The van der Waals surface area contributed by atoms with Crippen LogP contribution in [0.5, 0.6) is 0 Å². The molecular weight excluding hydrogens is 504 g/mol. The summed E-state index contributed by atoms with van der Waals surface area (Å²) in [5, 5.41) is 5.27. The zero-order valence-corrected chi connectivity index (χ0v) is 22.2. The summed E-state index contributed by atoms with van der Waals surface area (Å²) in [7, 11) is 1.66. The molecule has 2 aromatic rings. The number of carbonyl (C=O) groups excluding carboxylic acids is 3. The van der Waals surface area contributed by atoms with E-state index in [1.807, 2.05) is 60.7 Å². The molecule has 4 atom stereocenters. The van der Waals surface area contributed by atoms with Crippen molar-refractivity contribution >= 4 is 17.7 Å². The number of rotatable bonds is 9. The second kappa shape index (κ2) is 13.6. The SMILES string of the molecule is C=C(F)/C=C(\C=C(/C)F)CC(=O)N[C@@H](C)C(=O)N[C@@H]1C(=O)N(C)[C@H](c2ccccc2)CO[C@@H]1c1ccccc1. The maximum Gasteiger partial charge on any atom is 0.248 e. The molecule has 9 heteroatoms. The number of carbonyl (C=O) groups is 3. The Morgan fingerprint density at radius 3 is 2.23 bits per heavy atom. The molecule has 206 valence electrons. The Bertz CT molecular complexity index is 1240. The molecule has 39 heavy (non-hydrogen) atoms. The Kier molecular flexibility index (Phi) is 10.3. The fourth-order valence-corrected chi connectivity index (χ4v) is 4.39. The molecule has 0 radical (unpaired) electrons. The van der Waals surface area contributed by atoms with Crippen LogP contribution in [0.3, 0.4) is 0 Å². The van der Waals surface area contributed by atoms with Crippen molar-refractivity contribution in [3.63, 3.8) is 0 Å². The van der Waals surface area contributed by atoms with Gasteiger partial charge in [0.1, 0.15) is 24.0 Å².